The largest absolute Gasteiger partial charge is 0.469 e. The molecule has 0 aliphatic carbocycles. The average Bonchev–Trinajstić information content (AvgIpc) is 2.75. The second-order valence-electron chi connectivity index (χ2n) is 4.36. The molecule has 0 amide bonds. The van der Waals surface area contributed by atoms with E-state index in [1.807, 2.05) is 13.0 Å². The number of nitrogen functional groups attached to an aromatic ring is 1. The van der Waals surface area contributed by atoms with E-state index in [9.17, 15) is 0 Å². The molecule has 2 aromatic rings. The molecule has 2 N–H and O–H groups in total. The van der Waals surface area contributed by atoms with Crippen LogP contribution >= 0.6 is 0 Å². The number of aryl methyl sites for hydroxylation is 1. The van der Waals surface area contributed by atoms with Crippen LogP contribution in [0.2, 0.25) is 0 Å². The average molecular weight is 220 g/mol. The van der Waals surface area contributed by atoms with Crippen LogP contribution in [0.1, 0.15) is 25.2 Å². The molecular weight excluding hydrogens is 204 g/mol. The molecule has 0 aliphatic heterocycles. The molecule has 0 aliphatic rings. The Bertz CT molecular complexity index is 483. The highest BCUT2D eigenvalue weighted by molar-refractivity contribution is 5.68. The van der Waals surface area contributed by atoms with Gasteiger partial charge in [0, 0.05) is 11.1 Å². The van der Waals surface area contributed by atoms with Gasteiger partial charge in [-0.1, -0.05) is 19.0 Å². The first-order valence-corrected chi connectivity index (χ1v) is 5.38. The summed E-state index contributed by atoms with van der Waals surface area (Å²) in [6, 6.07) is 1.89. The molecule has 0 spiro atoms. The van der Waals surface area contributed by atoms with Gasteiger partial charge in [-0.05, 0) is 25.3 Å². The normalized spacial score (nSPS) is 11.2. The third-order valence-corrected chi connectivity index (χ3v) is 2.54. The Hall–Kier alpha value is -1.71. The zero-order valence-electron chi connectivity index (χ0n) is 9.78. The van der Waals surface area contributed by atoms with E-state index in [0.717, 1.165) is 29.0 Å². The number of nitrogens with two attached hydrogens (primary N) is 1. The summed E-state index contributed by atoms with van der Waals surface area (Å²) in [7, 11) is 0. The number of hydrogen-bond donors (Lipinski definition) is 1. The maximum atomic E-state index is 5.79. The Balaban J connectivity index is 2.46. The van der Waals surface area contributed by atoms with Crippen LogP contribution in [-0.4, -0.2) is 5.16 Å². The third kappa shape index (κ3) is 1.83. The predicted octanol–water partition coefficient (Wildman–Crippen LogP) is 3.02. The van der Waals surface area contributed by atoms with Crippen LogP contribution in [0.5, 0.6) is 0 Å². The summed E-state index contributed by atoms with van der Waals surface area (Å²) in [6.07, 6.45) is 2.50. The predicted molar refractivity (Wildman–Crippen MR) is 61.9 cm³/mol. The fourth-order valence-electron chi connectivity index (χ4n) is 1.77. The van der Waals surface area contributed by atoms with Crippen LogP contribution in [0.15, 0.2) is 21.3 Å². The molecule has 2 rings (SSSR count). The van der Waals surface area contributed by atoms with Crippen molar-refractivity contribution in [3.63, 3.8) is 0 Å². The van der Waals surface area contributed by atoms with E-state index in [0.29, 0.717) is 11.8 Å². The van der Waals surface area contributed by atoms with Crippen molar-refractivity contribution in [2.45, 2.75) is 27.2 Å². The van der Waals surface area contributed by atoms with Gasteiger partial charge in [-0.3, -0.25) is 0 Å². The van der Waals surface area contributed by atoms with Crippen LogP contribution in [0.3, 0.4) is 0 Å². The Labute approximate surface area is 94.4 Å². The molecule has 0 bridgehead atoms. The maximum absolute atomic E-state index is 5.79. The molecule has 16 heavy (non-hydrogen) atoms. The second-order valence-corrected chi connectivity index (χ2v) is 4.36. The van der Waals surface area contributed by atoms with Crippen LogP contribution < -0.4 is 5.73 Å². The Morgan fingerprint density at radius 1 is 1.44 bits per heavy atom. The van der Waals surface area contributed by atoms with Crippen molar-refractivity contribution in [3.05, 3.63) is 23.7 Å². The van der Waals surface area contributed by atoms with Gasteiger partial charge >= 0.3 is 0 Å². The Morgan fingerprint density at radius 2 is 2.19 bits per heavy atom. The SMILES string of the molecule is Cc1occc1-c1noc(N)c1CC(C)C. The Kier molecular flexibility index (Phi) is 2.73. The van der Waals surface area contributed by atoms with Gasteiger partial charge in [0.15, 0.2) is 0 Å². The molecule has 0 unspecified atom stereocenters. The molecule has 0 atom stereocenters. The van der Waals surface area contributed by atoms with E-state index in [2.05, 4.69) is 19.0 Å². The van der Waals surface area contributed by atoms with E-state index < -0.39 is 0 Å². The number of hydrogen-bond acceptors (Lipinski definition) is 4. The zero-order chi connectivity index (χ0) is 11.7. The van der Waals surface area contributed by atoms with Crippen molar-refractivity contribution in [1.29, 1.82) is 0 Å². The van der Waals surface area contributed by atoms with Gasteiger partial charge in [0.1, 0.15) is 11.5 Å². The molecule has 4 nitrogen and oxygen atoms in total. The molecular formula is C12H16N2O2. The van der Waals surface area contributed by atoms with Gasteiger partial charge in [0.25, 0.3) is 0 Å². The summed E-state index contributed by atoms with van der Waals surface area (Å²) >= 11 is 0. The summed E-state index contributed by atoms with van der Waals surface area (Å²) in [5.41, 5.74) is 8.52. The minimum atomic E-state index is 0.407. The standard InChI is InChI=1S/C12H16N2O2/c1-7(2)6-10-11(14-16-12(10)13)9-4-5-15-8(9)3/h4-5,7H,6,13H2,1-3H3. The fraction of sp³-hybridized carbons (Fsp3) is 0.417. The van der Waals surface area contributed by atoms with Gasteiger partial charge in [-0.2, -0.15) is 0 Å². The Morgan fingerprint density at radius 3 is 2.75 bits per heavy atom. The second kappa shape index (κ2) is 4.04. The first-order valence-electron chi connectivity index (χ1n) is 5.38. The first kappa shape index (κ1) is 10.8. The summed E-state index contributed by atoms with van der Waals surface area (Å²) in [5.74, 6) is 1.75. The van der Waals surface area contributed by atoms with Crippen molar-refractivity contribution in [1.82, 2.24) is 5.16 Å². The van der Waals surface area contributed by atoms with Gasteiger partial charge in [-0.25, -0.2) is 0 Å². The lowest BCUT2D eigenvalue weighted by Crippen LogP contribution is -1.98. The minimum Gasteiger partial charge on any atom is -0.469 e. The monoisotopic (exact) mass is 220 g/mol. The summed E-state index contributed by atoms with van der Waals surface area (Å²) in [5, 5.41) is 4.01. The summed E-state index contributed by atoms with van der Waals surface area (Å²) in [4.78, 5) is 0. The molecule has 0 fully saturated rings. The molecule has 2 heterocycles. The highest BCUT2D eigenvalue weighted by Crippen LogP contribution is 2.31. The molecule has 0 saturated carbocycles. The lowest BCUT2D eigenvalue weighted by Gasteiger charge is -2.04. The molecule has 2 aromatic heterocycles. The fourth-order valence-corrected chi connectivity index (χ4v) is 1.77. The van der Waals surface area contributed by atoms with Crippen LogP contribution in [-0.2, 0) is 6.42 Å². The van der Waals surface area contributed by atoms with Crippen molar-refractivity contribution < 1.29 is 8.94 Å². The van der Waals surface area contributed by atoms with Crippen molar-refractivity contribution >= 4 is 5.88 Å². The maximum Gasteiger partial charge on any atom is 0.225 e. The zero-order valence-corrected chi connectivity index (χ0v) is 9.78. The topological polar surface area (TPSA) is 65.2 Å². The van der Waals surface area contributed by atoms with Crippen LogP contribution in [0, 0.1) is 12.8 Å². The molecule has 0 saturated heterocycles. The van der Waals surface area contributed by atoms with E-state index in [-0.39, 0.29) is 0 Å². The lowest BCUT2D eigenvalue weighted by atomic mass is 10.00. The van der Waals surface area contributed by atoms with Crippen LogP contribution in [0.25, 0.3) is 11.3 Å². The quantitative estimate of drug-likeness (QED) is 0.863. The van der Waals surface area contributed by atoms with Crippen molar-refractivity contribution in [2.24, 2.45) is 5.92 Å². The number of aromatic nitrogens is 1. The van der Waals surface area contributed by atoms with Gasteiger partial charge in [-0.15, -0.1) is 0 Å². The van der Waals surface area contributed by atoms with Gasteiger partial charge in [0.2, 0.25) is 5.88 Å². The van der Waals surface area contributed by atoms with Gasteiger partial charge < -0.3 is 14.7 Å². The number of furan rings is 1. The van der Waals surface area contributed by atoms with Crippen LogP contribution in [0.4, 0.5) is 5.88 Å². The lowest BCUT2D eigenvalue weighted by molar-refractivity contribution is 0.437. The molecule has 0 aromatic carbocycles. The highest BCUT2D eigenvalue weighted by atomic mass is 16.5. The van der Waals surface area contributed by atoms with E-state index in [1.54, 1.807) is 6.26 Å². The first-order chi connectivity index (χ1) is 7.59. The van der Waals surface area contributed by atoms with E-state index >= 15 is 0 Å². The third-order valence-electron chi connectivity index (χ3n) is 2.54. The highest BCUT2D eigenvalue weighted by Gasteiger charge is 2.18. The van der Waals surface area contributed by atoms with Crippen molar-refractivity contribution in [3.8, 4) is 11.3 Å². The number of nitrogens with zero attached hydrogens (tertiary/aromatic N) is 1. The van der Waals surface area contributed by atoms with Gasteiger partial charge in [0.05, 0.1) is 6.26 Å². The van der Waals surface area contributed by atoms with E-state index in [4.69, 9.17) is 14.7 Å². The molecule has 0 radical (unpaired) electrons. The van der Waals surface area contributed by atoms with E-state index in [1.165, 1.54) is 0 Å². The van der Waals surface area contributed by atoms with Crippen molar-refractivity contribution in [2.75, 3.05) is 5.73 Å². The minimum absolute atomic E-state index is 0.407. The molecule has 4 heteroatoms. The molecule has 86 valence electrons. The smallest absolute Gasteiger partial charge is 0.225 e. The summed E-state index contributed by atoms with van der Waals surface area (Å²) < 4.78 is 10.3. The number of anilines is 1. The summed E-state index contributed by atoms with van der Waals surface area (Å²) in [6.45, 7) is 6.18. The number of rotatable bonds is 3.